The number of rotatable bonds is 6. The van der Waals surface area contributed by atoms with Gasteiger partial charge in [-0.2, -0.15) is 0 Å². The lowest BCUT2D eigenvalue weighted by Gasteiger charge is -2.17. The van der Waals surface area contributed by atoms with Gasteiger partial charge in [-0.25, -0.2) is 4.98 Å². The molecule has 27 heavy (non-hydrogen) atoms. The number of amides is 1. The number of nitrogens with one attached hydrogen (secondary N) is 1. The average molecular weight is 362 g/mol. The Morgan fingerprint density at radius 2 is 1.89 bits per heavy atom. The van der Waals surface area contributed by atoms with E-state index in [0.29, 0.717) is 11.5 Å². The predicted molar refractivity (Wildman–Crippen MR) is 107 cm³/mol. The Bertz CT molecular complexity index is 982. The predicted octanol–water partition coefficient (Wildman–Crippen LogP) is 4.14. The Morgan fingerprint density at radius 1 is 1.07 bits per heavy atom. The van der Waals surface area contributed by atoms with Gasteiger partial charge in [0, 0.05) is 23.1 Å². The Kier molecular flexibility index (Phi) is 5.71. The van der Waals surface area contributed by atoms with Gasteiger partial charge in [-0.3, -0.25) is 4.79 Å². The molecule has 5 heteroatoms. The van der Waals surface area contributed by atoms with Crippen molar-refractivity contribution in [3.05, 3.63) is 71.9 Å². The second-order valence-electron chi connectivity index (χ2n) is 6.10. The van der Waals surface area contributed by atoms with Crippen LogP contribution in [0.15, 0.2) is 60.7 Å². The molecule has 0 aliphatic carbocycles. The van der Waals surface area contributed by atoms with Crippen molar-refractivity contribution < 1.29 is 14.3 Å². The number of para-hydroxylation sites is 1. The van der Waals surface area contributed by atoms with E-state index in [4.69, 9.17) is 9.47 Å². The van der Waals surface area contributed by atoms with Crippen LogP contribution in [0.25, 0.3) is 17.0 Å². The van der Waals surface area contributed by atoms with Crippen LogP contribution < -0.4 is 14.8 Å². The molecule has 0 bridgehead atoms. The number of aromatic nitrogens is 1. The van der Waals surface area contributed by atoms with E-state index in [0.717, 1.165) is 22.2 Å². The molecule has 0 unspecified atom stereocenters. The summed E-state index contributed by atoms with van der Waals surface area (Å²) in [5.41, 5.74) is 2.51. The molecule has 0 aliphatic heterocycles. The fraction of sp³-hybridized carbons (Fsp3) is 0.182. The van der Waals surface area contributed by atoms with Crippen LogP contribution in [0.5, 0.6) is 11.5 Å². The molecule has 0 fully saturated rings. The first-order chi connectivity index (χ1) is 13.1. The molecule has 1 atom stereocenters. The highest BCUT2D eigenvalue weighted by molar-refractivity contribution is 5.92. The maximum atomic E-state index is 12.3. The number of hydrogen-bond donors (Lipinski definition) is 1. The van der Waals surface area contributed by atoms with Crippen molar-refractivity contribution in [1.82, 2.24) is 10.3 Å². The first-order valence-electron chi connectivity index (χ1n) is 8.67. The van der Waals surface area contributed by atoms with Gasteiger partial charge in [0.15, 0.2) is 0 Å². The highest BCUT2D eigenvalue weighted by Crippen LogP contribution is 2.29. The molecular weight excluding hydrogens is 340 g/mol. The maximum Gasteiger partial charge on any atom is 0.244 e. The van der Waals surface area contributed by atoms with Crippen LogP contribution >= 0.6 is 0 Å². The van der Waals surface area contributed by atoms with Crippen LogP contribution in [0.3, 0.4) is 0 Å². The average Bonchev–Trinajstić information content (AvgIpc) is 2.71. The van der Waals surface area contributed by atoms with Crippen LogP contribution in [-0.2, 0) is 4.79 Å². The van der Waals surface area contributed by atoms with Gasteiger partial charge < -0.3 is 14.8 Å². The fourth-order valence-electron chi connectivity index (χ4n) is 2.85. The number of pyridine rings is 1. The third-order valence-corrected chi connectivity index (χ3v) is 4.29. The molecule has 3 aromatic rings. The minimum Gasteiger partial charge on any atom is -0.497 e. The Morgan fingerprint density at radius 3 is 2.67 bits per heavy atom. The third-order valence-electron chi connectivity index (χ3n) is 4.29. The summed E-state index contributed by atoms with van der Waals surface area (Å²) in [7, 11) is 3.20. The Labute approximate surface area is 158 Å². The van der Waals surface area contributed by atoms with Gasteiger partial charge in [-0.15, -0.1) is 0 Å². The van der Waals surface area contributed by atoms with Gasteiger partial charge in [0.2, 0.25) is 5.91 Å². The van der Waals surface area contributed by atoms with Gasteiger partial charge in [0.25, 0.3) is 0 Å². The largest absolute Gasteiger partial charge is 0.497 e. The number of methoxy groups -OCH3 is 2. The zero-order valence-corrected chi connectivity index (χ0v) is 15.6. The van der Waals surface area contributed by atoms with E-state index in [1.54, 1.807) is 26.4 Å². The molecule has 1 heterocycles. The summed E-state index contributed by atoms with van der Waals surface area (Å²) in [6.07, 6.45) is 3.20. The molecular formula is C22H22N2O3. The van der Waals surface area contributed by atoms with E-state index in [1.165, 1.54) is 6.08 Å². The van der Waals surface area contributed by atoms with E-state index in [9.17, 15) is 4.79 Å². The summed E-state index contributed by atoms with van der Waals surface area (Å²) in [6, 6.07) is 17.1. The SMILES string of the molecule is COc1ccc([C@H](C)NC(=O)/C=C/c2ccc3ccccc3n2)c(OC)c1. The molecule has 0 spiro atoms. The maximum absolute atomic E-state index is 12.3. The van der Waals surface area contributed by atoms with Crippen molar-refractivity contribution in [1.29, 1.82) is 0 Å². The standard InChI is InChI=1S/C22H22N2O3/c1-15(19-12-11-18(26-2)14-21(19)27-3)23-22(25)13-10-17-9-8-16-6-4-5-7-20(16)24-17/h4-15H,1-3H3,(H,23,25)/b13-10+/t15-/m0/s1. The lowest BCUT2D eigenvalue weighted by Crippen LogP contribution is -2.25. The van der Waals surface area contributed by atoms with Gasteiger partial charge in [0.1, 0.15) is 11.5 Å². The molecule has 0 saturated carbocycles. The van der Waals surface area contributed by atoms with Crippen LogP contribution in [0, 0.1) is 0 Å². The number of ether oxygens (including phenoxy) is 2. The topological polar surface area (TPSA) is 60.5 Å². The minimum atomic E-state index is -0.215. The second-order valence-corrected chi connectivity index (χ2v) is 6.10. The number of carbonyl (C=O) groups excluding carboxylic acids is 1. The van der Waals surface area contributed by atoms with Crippen LogP contribution in [0.4, 0.5) is 0 Å². The molecule has 1 amide bonds. The van der Waals surface area contributed by atoms with E-state index < -0.39 is 0 Å². The van der Waals surface area contributed by atoms with Crippen molar-refractivity contribution in [2.24, 2.45) is 0 Å². The third kappa shape index (κ3) is 4.44. The first kappa shape index (κ1) is 18.5. The summed E-state index contributed by atoms with van der Waals surface area (Å²) >= 11 is 0. The lowest BCUT2D eigenvalue weighted by molar-refractivity contribution is -0.117. The monoisotopic (exact) mass is 362 g/mol. The van der Waals surface area contributed by atoms with Gasteiger partial charge in [-0.05, 0) is 37.3 Å². The van der Waals surface area contributed by atoms with E-state index >= 15 is 0 Å². The number of benzene rings is 2. The molecule has 2 aromatic carbocycles. The van der Waals surface area contributed by atoms with Crippen molar-refractivity contribution in [2.45, 2.75) is 13.0 Å². The van der Waals surface area contributed by atoms with Crippen molar-refractivity contribution in [3.8, 4) is 11.5 Å². The fourth-order valence-corrected chi connectivity index (χ4v) is 2.85. The number of carbonyl (C=O) groups is 1. The molecule has 0 aliphatic rings. The van der Waals surface area contributed by atoms with Gasteiger partial charge in [-0.1, -0.05) is 24.3 Å². The van der Waals surface area contributed by atoms with E-state index in [2.05, 4.69) is 10.3 Å². The molecule has 1 N–H and O–H groups in total. The summed E-state index contributed by atoms with van der Waals surface area (Å²) in [5, 5.41) is 4.01. The smallest absolute Gasteiger partial charge is 0.244 e. The minimum absolute atomic E-state index is 0.199. The van der Waals surface area contributed by atoms with Crippen LogP contribution in [-0.4, -0.2) is 25.1 Å². The van der Waals surface area contributed by atoms with Crippen molar-refractivity contribution in [3.63, 3.8) is 0 Å². The Balaban J connectivity index is 1.70. The Hall–Kier alpha value is -3.34. The summed E-state index contributed by atoms with van der Waals surface area (Å²) in [5.74, 6) is 1.18. The number of fused-ring (bicyclic) bond motifs is 1. The van der Waals surface area contributed by atoms with Gasteiger partial charge in [0.05, 0.1) is 31.5 Å². The molecule has 3 rings (SSSR count). The van der Waals surface area contributed by atoms with Crippen LogP contribution in [0.2, 0.25) is 0 Å². The van der Waals surface area contributed by atoms with Crippen molar-refractivity contribution in [2.75, 3.05) is 14.2 Å². The quantitative estimate of drug-likeness (QED) is 0.670. The van der Waals surface area contributed by atoms with Gasteiger partial charge >= 0.3 is 0 Å². The molecule has 138 valence electrons. The molecule has 5 nitrogen and oxygen atoms in total. The molecule has 1 aromatic heterocycles. The second kappa shape index (κ2) is 8.36. The zero-order valence-electron chi connectivity index (χ0n) is 15.6. The summed E-state index contributed by atoms with van der Waals surface area (Å²) < 4.78 is 10.6. The number of hydrogen-bond acceptors (Lipinski definition) is 4. The summed E-state index contributed by atoms with van der Waals surface area (Å²) in [6.45, 7) is 1.91. The zero-order chi connectivity index (χ0) is 19.2. The first-order valence-corrected chi connectivity index (χ1v) is 8.67. The summed E-state index contributed by atoms with van der Waals surface area (Å²) in [4.78, 5) is 16.8. The lowest BCUT2D eigenvalue weighted by atomic mass is 10.1. The normalized spacial score (nSPS) is 12.1. The molecule has 0 radical (unpaired) electrons. The highest BCUT2D eigenvalue weighted by atomic mass is 16.5. The van der Waals surface area contributed by atoms with Crippen molar-refractivity contribution >= 4 is 22.9 Å². The van der Waals surface area contributed by atoms with Crippen LogP contribution in [0.1, 0.15) is 24.2 Å². The number of nitrogens with zero attached hydrogens (tertiary/aromatic N) is 1. The highest BCUT2D eigenvalue weighted by Gasteiger charge is 2.13. The van der Waals surface area contributed by atoms with E-state index in [1.807, 2.05) is 55.5 Å². The molecule has 0 saturated heterocycles. The van der Waals surface area contributed by atoms with E-state index in [-0.39, 0.29) is 11.9 Å².